The van der Waals surface area contributed by atoms with Gasteiger partial charge in [0, 0.05) is 66.8 Å². The van der Waals surface area contributed by atoms with Crippen LogP contribution in [0, 0.1) is 0 Å². The fraction of sp³-hybridized carbons (Fsp3) is 0.455. The third-order valence-electron chi connectivity index (χ3n) is 6.24. The number of para-hydroxylation sites is 1. The lowest BCUT2D eigenvalue weighted by Gasteiger charge is -2.40. The van der Waals surface area contributed by atoms with E-state index < -0.39 is 6.43 Å². The van der Waals surface area contributed by atoms with E-state index >= 15 is 0 Å². The summed E-state index contributed by atoms with van der Waals surface area (Å²) in [5.41, 5.74) is 4.07. The van der Waals surface area contributed by atoms with Gasteiger partial charge in [0.15, 0.2) is 0 Å². The highest BCUT2D eigenvalue weighted by Gasteiger charge is 2.37. The molecule has 2 aromatic heterocycles. The minimum absolute atomic E-state index is 0.0106. The van der Waals surface area contributed by atoms with Crippen LogP contribution in [0.2, 0.25) is 0 Å². The second-order valence-corrected chi connectivity index (χ2v) is 8.16. The first kappa shape index (κ1) is 19.4. The molecular formula is C22H26F2N6. The summed E-state index contributed by atoms with van der Waals surface area (Å²) >= 11 is 0. The Kier molecular flexibility index (Phi) is 5.12. The van der Waals surface area contributed by atoms with Gasteiger partial charge in [-0.3, -0.25) is 4.90 Å². The molecule has 2 aliphatic rings. The summed E-state index contributed by atoms with van der Waals surface area (Å²) in [7, 11) is 0. The highest BCUT2D eigenvalue weighted by molar-refractivity contribution is 5.85. The van der Waals surface area contributed by atoms with E-state index in [1.165, 1.54) is 10.9 Å². The SMILES string of the molecule is C[C@@H]1Cc2c([nH]c3ccccc23)[C@@H](c2cnc(N3CCNCC3)nc2)N1CC(F)F. The predicted molar refractivity (Wildman–Crippen MR) is 113 cm³/mol. The summed E-state index contributed by atoms with van der Waals surface area (Å²) in [6.07, 6.45) is 1.95. The maximum absolute atomic E-state index is 13.5. The van der Waals surface area contributed by atoms with Crippen LogP contribution in [-0.4, -0.2) is 65.0 Å². The zero-order valence-electron chi connectivity index (χ0n) is 17.0. The first-order valence-corrected chi connectivity index (χ1v) is 10.5. The molecule has 1 saturated heterocycles. The molecule has 2 N–H and O–H groups in total. The maximum Gasteiger partial charge on any atom is 0.251 e. The van der Waals surface area contributed by atoms with Crippen LogP contribution in [0.15, 0.2) is 36.7 Å². The van der Waals surface area contributed by atoms with Crippen LogP contribution < -0.4 is 10.2 Å². The lowest BCUT2D eigenvalue weighted by molar-refractivity contribution is 0.0454. The first-order chi connectivity index (χ1) is 14.6. The largest absolute Gasteiger partial charge is 0.357 e. The number of fused-ring (bicyclic) bond motifs is 3. The van der Waals surface area contributed by atoms with Crippen molar-refractivity contribution in [2.24, 2.45) is 0 Å². The first-order valence-electron chi connectivity index (χ1n) is 10.5. The minimum atomic E-state index is -2.40. The number of nitrogens with zero attached hydrogens (tertiary/aromatic N) is 4. The zero-order chi connectivity index (χ0) is 20.7. The number of anilines is 1. The Morgan fingerprint density at radius 1 is 1.13 bits per heavy atom. The highest BCUT2D eigenvalue weighted by Crippen LogP contribution is 2.40. The topological polar surface area (TPSA) is 60.1 Å². The van der Waals surface area contributed by atoms with Crippen LogP contribution in [0.1, 0.15) is 29.8 Å². The third kappa shape index (κ3) is 3.44. The Labute approximate surface area is 174 Å². The molecule has 0 unspecified atom stereocenters. The molecule has 30 heavy (non-hydrogen) atoms. The van der Waals surface area contributed by atoms with Crippen molar-refractivity contribution >= 4 is 16.9 Å². The van der Waals surface area contributed by atoms with E-state index in [-0.39, 0.29) is 18.6 Å². The van der Waals surface area contributed by atoms with Gasteiger partial charge < -0.3 is 15.2 Å². The van der Waals surface area contributed by atoms with Crippen LogP contribution in [0.5, 0.6) is 0 Å². The molecule has 4 heterocycles. The van der Waals surface area contributed by atoms with E-state index in [0.29, 0.717) is 5.95 Å². The molecule has 0 aliphatic carbocycles. The van der Waals surface area contributed by atoms with Gasteiger partial charge >= 0.3 is 0 Å². The number of aromatic amines is 1. The van der Waals surface area contributed by atoms with E-state index in [2.05, 4.69) is 31.2 Å². The third-order valence-corrected chi connectivity index (χ3v) is 6.24. The molecule has 5 rings (SSSR count). The van der Waals surface area contributed by atoms with Gasteiger partial charge in [-0.2, -0.15) is 0 Å². The van der Waals surface area contributed by atoms with E-state index in [1.807, 2.05) is 30.0 Å². The smallest absolute Gasteiger partial charge is 0.251 e. The van der Waals surface area contributed by atoms with Gasteiger partial charge in [-0.05, 0) is 25.0 Å². The number of nitrogens with one attached hydrogen (secondary N) is 2. The number of hydrogen-bond acceptors (Lipinski definition) is 5. The van der Waals surface area contributed by atoms with Gasteiger partial charge in [0.25, 0.3) is 6.43 Å². The molecule has 158 valence electrons. The molecule has 0 bridgehead atoms. The number of alkyl halides is 2. The number of aromatic nitrogens is 3. The van der Waals surface area contributed by atoms with Gasteiger partial charge in [-0.15, -0.1) is 0 Å². The fourth-order valence-electron chi connectivity index (χ4n) is 4.81. The van der Waals surface area contributed by atoms with Crippen LogP contribution in [0.4, 0.5) is 14.7 Å². The van der Waals surface area contributed by atoms with Crippen LogP contribution in [0.25, 0.3) is 10.9 Å². The number of benzene rings is 1. The molecule has 0 radical (unpaired) electrons. The molecule has 2 aliphatic heterocycles. The van der Waals surface area contributed by atoms with Crippen molar-refractivity contribution in [3.8, 4) is 0 Å². The lowest BCUT2D eigenvalue weighted by atomic mass is 9.89. The Morgan fingerprint density at radius 2 is 1.87 bits per heavy atom. The minimum Gasteiger partial charge on any atom is -0.357 e. The average Bonchev–Trinajstić information content (AvgIpc) is 3.13. The highest BCUT2D eigenvalue weighted by atomic mass is 19.3. The monoisotopic (exact) mass is 412 g/mol. The van der Waals surface area contributed by atoms with Gasteiger partial charge in [-0.1, -0.05) is 18.2 Å². The van der Waals surface area contributed by atoms with Crippen LogP contribution >= 0.6 is 0 Å². The molecule has 0 amide bonds. The summed E-state index contributed by atoms with van der Waals surface area (Å²) in [6.45, 7) is 5.29. The molecule has 8 heteroatoms. The molecule has 2 atom stereocenters. The van der Waals surface area contributed by atoms with Gasteiger partial charge in [0.2, 0.25) is 5.95 Å². The van der Waals surface area contributed by atoms with E-state index in [1.54, 1.807) is 12.4 Å². The molecular weight excluding hydrogens is 386 g/mol. The quantitative estimate of drug-likeness (QED) is 0.690. The Bertz CT molecular complexity index is 1010. The van der Waals surface area contributed by atoms with Crippen molar-refractivity contribution in [3.63, 3.8) is 0 Å². The van der Waals surface area contributed by atoms with Crippen molar-refractivity contribution in [2.45, 2.75) is 31.9 Å². The van der Waals surface area contributed by atoms with Crippen LogP contribution in [-0.2, 0) is 6.42 Å². The van der Waals surface area contributed by atoms with E-state index in [9.17, 15) is 8.78 Å². The van der Waals surface area contributed by atoms with Crippen molar-refractivity contribution in [3.05, 3.63) is 53.5 Å². The molecule has 0 saturated carbocycles. The van der Waals surface area contributed by atoms with Crippen molar-refractivity contribution in [1.82, 2.24) is 25.2 Å². The lowest BCUT2D eigenvalue weighted by Crippen LogP contribution is -2.45. The predicted octanol–water partition coefficient (Wildman–Crippen LogP) is 2.97. The number of hydrogen-bond donors (Lipinski definition) is 2. The summed E-state index contributed by atoms with van der Waals surface area (Å²) in [5.74, 6) is 0.696. The Hall–Kier alpha value is -2.58. The van der Waals surface area contributed by atoms with E-state index in [4.69, 9.17) is 0 Å². The second-order valence-electron chi connectivity index (χ2n) is 8.16. The number of piperazine rings is 1. The van der Waals surface area contributed by atoms with Crippen molar-refractivity contribution in [2.75, 3.05) is 37.6 Å². The van der Waals surface area contributed by atoms with Gasteiger partial charge in [0.1, 0.15) is 0 Å². The molecule has 6 nitrogen and oxygen atoms in total. The summed E-state index contributed by atoms with van der Waals surface area (Å²) in [4.78, 5) is 16.7. The Balaban J connectivity index is 1.56. The number of rotatable bonds is 4. The number of H-pyrrole nitrogens is 1. The van der Waals surface area contributed by atoms with E-state index in [0.717, 1.165) is 49.4 Å². The fourth-order valence-corrected chi connectivity index (χ4v) is 4.81. The molecule has 3 aromatic rings. The number of halogens is 2. The summed E-state index contributed by atoms with van der Waals surface area (Å²) in [5, 5.41) is 4.49. The Morgan fingerprint density at radius 3 is 2.60 bits per heavy atom. The summed E-state index contributed by atoms with van der Waals surface area (Å²) < 4.78 is 26.9. The molecule has 1 fully saturated rings. The summed E-state index contributed by atoms with van der Waals surface area (Å²) in [6, 6.07) is 7.82. The standard InChI is InChI=1S/C22H26F2N6/c1-14-10-17-16-4-2-3-5-18(16)28-20(17)21(30(14)13-19(23)24)15-11-26-22(27-12-15)29-8-6-25-7-9-29/h2-5,11-12,14,19,21,25,28H,6-10,13H2,1H3/t14-,21-/m1/s1. The molecule has 1 aromatic carbocycles. The molecule has 0 spiro atoms. The van der Waals surface area contributed by atoms with Gasteiger partial charge in [0.05, 0.1) is 12.6 Å². The normalized spacial score (nSPS) is 22.6. The second kappa shape index (κ2) is 7.92. The van der Waals surface area contributed by atoms with Gasteiger partial charge in [-0.25, -0.2) is 18.7 Å². The maximum atomic E-state index is 13.5. The van der Waals surface area contributed by atoms with Crippen molar-refractivity contribution < 1.29 is 8.78 Å². The average molecular weight is 412 g/mol. The zero-order valence-corrected chi connectivity index (χ0v) is 17.0. The van der Waals surface area contributed by atoms with Crippen molar-refractivity contribution in [1.29, 1.82) is 0 Å². The van der Waals surface area contributed by atoms with Crippen LogP contribution in [0.3, 0.4) is 0 Å².